The maximum Gasteiger partial charge on any atom is 0.123 e. The summed E-state index contributed by atoms with van der Waals surface area (Å²) >= 11 is 0. The monoisotopic (exact) mass is 235 g/mol. The summed E-state index contributed by atoms with van der Waals surface area (Å²) < 4.78 is 18.8. The molecular formula is C14H18FNO. The van der Waals surface area contributed by atoms with Gasteiger partial charge in [0.05, 0.1) is 0 Å². The van der Waals surface area contributed by atoms with Crippen LogP contribution >= 0.6 is 0 Å². The van der Waals surface area contributed by atoms with E-state index in [1.165, 1.54) is 18.9 Å². The molecule has 92 valence electrons. The van der Waals surface area contributed by atoms with Gasteiger partial charge in [-0.3, -0.25) is 0 Å². The van der Waals surface area contributed by atoms with Crippen LogP contribution in [0.15, 0.2) is 18.2 Å². The van der Waals surface area contributed by atoms with Gasteiger partial charge in [0.1, 0.15) is 17.7 Å². The van der Waals surface area contributed by atoms with Crippen LogP contribution in [-0.4, -0.2) is 18.7 Å². The zero-order valence-corrected chi connectivity index (χ0v) is 10.1. The van der Waals surface area contributed by atoms with Crippen LogP contribution in [0.5, 0.6) is 5.75 Å². The van der Waals surface area contributed by atoms with E-state index in [2.05, 4.69) is 12.2 Å². The highest BCUT2D eigenvalue weighted by molar-refractivity contribution is 5.37. The Hall–Kier alpha value is -1.09. The molecule has 0 aromatic heterocycles. The zero-order chi connectivity index (χ0) is 11.8. The zero-order valence-electron chi connectivity index (χ0n) is 10.1. The third-order valence-electron chi connectivity index (χ3n) is 3.76. The molecule has 1 saturated carbocycles. The van der Waals surface area contributed by atoms with Crippen LogP contribution in [0.25, 0.3) is 0 Å². The van der Waals surface area contributed by atoms with Crippen LogP contribution in [0.4, 0.5) is 4.39 Å². The highest BCUT2D eigenvalue weighted by Crippen LogP contribution is 2.33. The van der Waals surface area contributed by atoms with E-state index in [9.17, 15) is 4.39 Å². The van der Waals surface area contributed by atoms with Gasteiger partial charge in [0.25, 0.3) is 0 Å². The van der Waals surface area contributed by atoms with E-state index in [1.807, 2.05) is 0 Å². The standard InChI is InChI=1S/C14H18FNO/c1-9(10-2-3-10)16-8-13-7-11-6-12(15)4-5-14(11)17-13/h4-6,9-10,13,16H,2-3,7-8H2,1H3. The van der Waals surface area contributed by atoms with Gasteiger partial charge in [-0.2, -0.15) is 0 Å². The molecule has 1 heterocycles. The van der Waals surface area contributed by atoms with Crippen molar-refractivity contribution in [2.45, 2.75) is 38.3 Å². The molecule has 1 aromatic carbocycles. The van der Waals surface area contributed by atoms with Crippen LogP contribution < -0.4 is 10.1 Å². The lowest BCUT2D eigenvalue weighted by atomic mass is 10.1. The SMILES string of the molecule is CC(NCC1Cc2cc(F)ccc2O1)C1CC1. The average Bonchev–Trinajstić information content (AvgIpc) is 3.07. The molecule has 1 aliphatic heterocycles. The van der Waals surface area contributed by atoms with Gasteiger partial charge < -0.3 is 10.1 Å². The number of hydrogen-bond donors (Lipinski definition) is 1. The van der Waals surface area contributed by atoms with E-state index in [0.29, 0.717) is 6.04 Å². The molecule has 0 spiro atoms. The maximum atomic E-state index is 13.0. The quantitative estimate of drug-likeness (QED) is 0.866. The summed E-state index contributed by atoms with van der Waals surface area (Å²) in [6.45, 7) is 3.09. The smallest absolute Gasteiger partial charge is 0.123 e. The second kappa shape index (κ2) is 4.30. The molecule has 2 unspecified atom stereocenters. The molecule has 1 fully saturated rings. The van der Waals surface area contributed by atoms with E-state index in [0.717, 1.165) is 30.2 Å². The predicted molar refractivity (Wildman–Crippen MR) is 64.7 cm³/mol. The molecule has 0 radical (unpaired) electrons. The van der Waals surface area contributed by atoms with Gasteiger partial charge in [0, 0.05) is 24.6 Å². The molecule has 2 aliphatic rings. The maximum absolute atomic E-state index is 13.0. The van der Waals surface area contributed by atoms with Crippen molar-refractivity contribution in [3.8, 4) is 5.75 Å². The first-order chi connectivity index (χ1) is 8.22. The lowest BCUT2D eigenvalue weighted by Gasteiger charge is -2.16. The van der Waals surface area contributed by atoms with Crippen molar-refractivity contribution in [1.29, 1.82) is 0 Å². The second-order valence-electron chi connectivity index (χ2n) is 5.23. The van der Waals surface area contributed by atoms with Gasteiger partial charge in [0.2, 0.25) is 0 Å². The van der Waals surface area contributed by atoms with E-state index < -0.39 is 0 Å². The molecule has 0 amide bonds. The van der Waals surface area contributed by atoms with Crippen LogP contribution in [0, 0.1) is 11.7 Å². The first kappa shape index (κ1) is 11.0. The topological polar surface area (TPSA) is 21.3 Å². The highest BCUT2D eigenvalue weighted by atomic mass is 19.1. The minimum absolute atomic E-state index is 0.160. The van der Waals surface area contributed by atoms with Gasteiger partial charge in [0.15, 0.2) is 0 Å². The van der Waals surface area contributed by atoms with Gasteiger partial charge >= 0.3 is 0 Å². The second-order valence-corrected chi connectivity index (χ2v) is 5.23. The van der Waals surface area contributed by atoms with Crippen LogP contribution in [-0.2, 0) is 6.42 Å². The van der Waals surface area contributed by atoms with Crippen molar-refractivity contribution in [1.82, 2.24) is 5.32 Å². The molecule has 1 N–H and O–H groups in total. The van der Waals surface area contributed by atoms with Crippen molar-refractivity contribution in [2.75, 3.05) is 6.54 Å². The fourth-order valence-corrected chi connectivity index (χ4v) is 2.48. The van der Waals surface area contributed by atoms with Gasteiger partial charge in [-0.1, -0.05) is 0 Å². The van der Waals surface area contributed by atoms with Crippen molar-refractivity contribution < 1.29 is 9.13 Å². The number of halogens is 1. The molecule has 3 rings (SSSR count). The number of rotatable bonds is 4. The molecule has 0 bridgehead atoms. The summed E-state index contributed by atoms with van der Waals surface area (Å²) in [5.41, 5.74) is 0.996. The summed E-state index contributed by atoms with van der Waals surface area (Å²) in [5.74, 6) is 1.53. The minimum Gasteiger partial charge on any atom is -0.488 e. The summed E-state index contributed by atoms with van der Waals surface area (Å²) in [5, 5.41) is 3.52. The molecule has 17 heavy (non-hydrogen) atoms. The number of nitrogens with one attached hydrogen (secondary N) is 1. The van der Waals surface area contributed by atoms with E-state index in [1.54, 1.807) is 12.1 Å². The molecule has 2 nitrogen and oxygen atoms in total. The first-order valence-corrected chi connectivity index (χ1v) is 6.41. The fraction of sp³-hybridized carbons (Fsp3) is 0.571. The summed E-state index contributed by atoms with van der Waals surface area (Å²) in [6.07, 6.45) is 3.68. The predicted octanol–water partition coefficient (Wildman–Crippen LogP) is 2.52. The molecule has 1 aliphatic carbocycles. The molecule has 3 heteroatoms. The summed E-state index contributed by atoms with van der Waals surface area (Å²) in [7, 11) is 0. The molecule has 0 saturated heterocycles. The molecular weight excluding hydrogens is 217 g/mol. The average molecular weight is 235 g/mol. The summed E-state index contributed by atoms with van der Waals surface area (Å²) in [4.78, 5) is 0. The van der Waals surface area contributed by atoms with Crippen molar-refractivity contribution >= 4 is 0 Å². The van der Waals surface area contributed by atoms with Crippen LogP contribution in [0.3, 0.4) is 0 Å². The normalized spacial score (nSPS) is 24.2. The van der Waals surface area contributed by atoms with E-state index in [-0.39, 0.29) is 11.9 Å². The van der Waals surface area contributed by atoms with Gasteiger partial charge in [-0.05, 0) is 43.9 Å². The third kappa shape index (κ3) is 2.44. The molecule has 2 atom stereocenters. The Morgan fingerprint density at radius 1 is 1.47 bits per heavy atom. The Bertz CT molecular complexity index is 417. The Balaban J connectivity index is 1.54. The number of hydrogen-bond acceptors (Lipinski definition) is 2. The third-order valence-corrected chi connectivity index (χ3v) is 3.76. The Morgan fingerprint density at radius 3 is 3.06 bits per heavy atom. The summed E-state index contributed by atoms with van der Waals surface area (Å²) in [6, 6.07) is 5.36. The molecule has 1 aromatic rings. The highest BCUT2D eigenvalue weighted by Gasteiger charge is 2.29. The minimum atomic E-state index is -0.174. The van der Waals surface area contributed by atoms with Crippen LogP contribution in [0.1, 0.15) is 25.3 Å². The van der Waals surface area contributed by atoms with Gasteiger partial charge in [-0.15, -0.1) is 0 Å². The van der Waals surface area contributed by atoms with Crippen molar-refractivity contribution in [3.05, 3.63) is 29.6 Å². The van der Waals surface area contributed by atoms with E-state index in [4.69, 9.17) is 4.74 Å². The number of fused-ring (bicyclic) bond motifs is 1. The van der Waals surface area contributed by atoms with Gasteiger partial charge in [-0.25, -0.2) is 4.39 Å². The Labute approximate surface area is 101 Å². The Kier molecular flexibility index (Phi) is 2.79. The first-order valence-electron chi connectivity index (χ1n) is 6.41. The van der Waals surface area contributed by atoms with Crippen molar-refractivity contribution in [3.63, 3.8) is 0 Å². The number of benzene rings is 1. The largest absolute Gasteiger partial charge is 0.488 e. The fourth-order valence-electron chi connectivity index (χ4n) is 2.48. The van der Waals surface area contributed by atoms with Crippen molar-refractivity contribution in [2.24, 2.45) is 5.92 Å². The lowest BCUT2D eigenvalue weighted by molar-refractivity contribution is 0.220. The number of ether oxygens (including phenoxy) is 1. The Morgan fingerprint density at radius 2 is 2.29 bits per heavy atom. The van der Waals surface area contributed by atoms with E-state index >= 15 is 0 Å². The van der Waals surface area contributed by atoms with Crippen LogP contribution in [0.2, 0.25) is 0 Å². The lowest BCUT2D eigenvalue weighted by Crippen LogP contribution is -2.36.